The molecule has 2 heterocycles. The number of aromatic nitrogens is 2. The van der Waals surface area contributed by atoms with Gasteiger partial charge in [0.2, 0.25) is 11.8 Å². The van der Waals surface area contributed by atoms with Gasteiger partial charge in [-0.25, -0.2) is 0 Å². The van der Waals surface area contributed by atoms with Crippen LogP contribution in [0, 0.1) is 0 Å². The lowest BCUT2D eigenvalue weighted by atomic mass is 9.79. The van der Waals surface area contributed by atoms with Crippen LogP contribution in [0.1, 0.15) is 53.0 Å². The Hall–Kier alpha value is -2.44. The van der Waals surface area contributed by atoms with Gasteiger partial charge in [0.15, 0.2) is 0 Å². The number of unbranched alkanes of at least 4 members (excludes halogenated alkanes) is 1. The SMILES string of the molecule is CCCCc1ccc(-c2nnc(-c3ccc(B4OC(C)(C)C(C)(C)O4)cc3)o2)cc1. The molecule has 5 nitrogen and oxygen atoms in total. The summed E-state index contributed by atoms with van der Waals surface area (Å²) >= 11 is 0. The fourth-order valence-electron chi connectivity index (χ4n) is 3.41. The Morgan fingerprint density at radius 3 is 1.77 bits per heavy atom. The smallest absolute Gasteiger partial charge is 0.416 e. The molecule has 2 aromatic carbocycles. The van der Waals surface area contributed by atoms with Crippen LogP contribution >= 0.6 is 0 Å². The summed E-state index contributed by atoms with van der Waals surface area (Å²) in [6.07, 6.45) is 3.50. The molecule has 0 atom stereocenters. The number of hydrogen-bond acceptors (Lipinski definition) is 5. The van der Waals surface area contributed by atoms with E-state index in [9.17, 15) is 0 Å². The number of hydrogen-bond donors (Lipinski definition) is 0. The maximum atomic E-state index is 6.12. The van der Waals surface area contributed by atoms with Gasteiger partial charge in [0.25, 0.3) is 0 Å². The molecule has 1 saturated heterocycles. The molecule has 0 saturated carbocycles. The van der Waals surface area contributed by atoms with Crippen LogP contribution < -0.4 is 5.46 Å². The summed E-state index contributed by atoms with van der Waals surface area (Å²) in [6.45, 7) is 10.4. The molecule has 0 radical (unpaired) electrons. The molecule has 1 aliphatic heterocycles. The van der Waals surface area contributed by atoms with Crippen LogP contribution in [0.3, 0.4) is 0 Å². The average Bonchev–Trinajstić information content (AvgIpc) is 3.29. The van der Waals surface area contributed by atoms with Crippen molar-refractivity contribution in [3.8, 4) is 22.9 Å². The van der Waals surface area contributed by atoms with E-state index in [2.05, 4.69) is 56.9 Å². The molecule has 1 aromatic heterocycles. The van der Waals surface area contributed by atoms with E-state index in [0.717, 1.165) is 23.0 Å². The van der Waals surface area contributed by atoms with Crippen LogP contribution in [0.4, 0.5) is 0 Å². The number of benzene rings is 2. The number of nitrogens with zero attached hydrogens (tertiary/aromatic N) is 2. The molecule has 0 spiro atoms. The Kier molecular flexibility index (Phi) is 5.56. The van der Waals surface area contributed by atoms with Crippen molar-refractivity contribution in [1.29, 1.82) is 0 Å². The summed E-state index contributed by atoms with van der Waals surface area (Å²) in [7, 11) is -0.381. The monoisotopic (exact) mass is 404 g/mol. The minimum absolute atomic E-state index is 0.357. The van der Waals surface area contributed by atoms with Crippen molar-refractivity contribution < 1.29 is 13.7 Å². The Balaban J connectivity index is 1.48. The van der Waals surface area contributed by atoms with Crippen LogP contribution in [0.25, 0.3) is 22.9 Å². The van der Waals surface area contributed by atoms with E-state index >= 15 is 0 Å². The Morgan fingerprint density at radius 2 is 1.27 bits per heavy atom. The first-order chi connectivity index (χ1) is 14.3. The normalized spacial score (nSPS) is 17.4. The molecule has 0 N–H and O–H groups in total. The first kappa shape index (κ1) is 20.8. The molecule has 3 aromatic rings. The zero-order chi connectivity index (χ0) is 21.4. The van der Waals surface area contributed by atoms with Crippen molar-refractivity contribution in [2.45, 2.75) is 65.1 Å². The summed E-state index contributed by atoms with van der Waals surface area (Å²) in [6, 6.07) is 16.3. The summed E-state index contributed by atoms with van der Waals surface area (Å²) < 4.78 is 18.2. The minimum Gasteiger partial charge on any atom is -0.416 e. The highest BCUT2D eigenvalue weighted by atomic mass is 16.7. The van der Waals surface area contributed by atoms with Gasteiger partial charge in [0, 0.05) is 11.1 Å². The zero-order valence-corrected chi connectivity index (χ0v) is 18.4. The highest BCUT2D eigenvalue weighted by molar-refractivity contribution is 6.62. The van der Waals surface area contributed by atoms with Gasteiger partial charge in [-0.1, -0.05) is 37.6 Å². The fraction of sp³-hybridized carbons (Fsp3) is 0.417. The maximum absolute atomic E-state index is 6.12. The van der Waals surface area contributed by atoms with Crippen molar-refractivity contribution >= 4 is 12.6 Å². The first-order valence-corrected chi connectivity index (χ1v) is 10.7. The molecule has 156 valence electrons. The standard InChI is InChI=1S/C24H29BN2O3/c1-6-7-8-17-9-11-18(12-10-17)21-26-27-22(28-21)19-13-15-20(16-14-19)25-29-23(2,3)24(4,5)30-25/h9-16H,6-8H2,1-5H3. The molecular weight excluding hydrogens is 375 g/mol. The molecule has 0 aliphatic carbocycles. The third-order valence-electron chi connectivity index (χ3n) is 6.13. The van der Waals surface area contributed by atoms with Gasteiger partial charge < -0.3 is 13.7 Å². The largest absolute Gasteiger partial charge is 0.494 e. The zero-order valence-electron chi connectivity index (χ0n) is 18.4. The highest BCUT2D eigenvalue weighted by Crippen LogP contribution is 2.36. The molecule has 0 bridgehead atoms. The van der Waals surface area contributed by atoms with Crippen LogP contribution in [0.2, 0.25) is 0 Å². The summed E-state index contributed by atoms with van der Waals surface area (Å²) in [5.41, 5.74) is 3.39. The maximum Gasteiger partial charge on any atom is 0.494 e. The van der Waals surface area contributed by atoms with Gasteiger partial charge in [0.05, 0.1) is 11.2 Å². The molecule has 6 heteroatoms. The van der Waals surface area contributed by atoms with E-state index in [0.29, 0.717) is 11.8 Å². The minimum atomic E-state index is -0.381. The number of aryl methyl sites for hydroxylation is 1. The fourth-order valence-corrected chi connectivity index (χ4v) is 3.41. The van der Waals surface area contributed by atoms with Gasteiger partial charge in [-0.15, -0.1) is 10.2 Å². The van der Waals surface area contributed by atoms with Crippen molar-refractivity contribution in [3.05, 3.63) is 54.1 Å². The average molecular weight is 404 g/mol. The predicted octanol–water partition coefficient (Wildman–Crippen LogP) is 5.05. The van der Waals surface area contributed by atoms with E-state index in [1.807, 2.05) is 36.4 Å². The van der Waals surface area contributed by atoms with Crippen LogP contribution in [0.5, 0.6) is 0 Å². The lowest BCUT2D eigenvalue weighted by molar-refractivity contribution is 0.00578. The summed E-state index contributed by atoms with van der Waals surface area (Å²) in [5.74, 6) is 1.03. The van der Waals surface area contributed by atoms with Crippen LogP contribution in [0.15, 0.2) is 52.9 Å². The summed E-state index contributed by atoms with van der Waals surface area (Å²) in [4.78, 5) is 0. The number of rotatable bonds is 6. The molecule has 0 unspecified atom stereocenters. The topological polar surface area (TPSA) is 57.4 Å². The predicted molar refractivity (Wildman–Crippen MR) is 119 cm³/mol. The van der Waals surface area contributed by atoms with Crippen molar-refractivity contribution in [3.63, 3.8) is 0 Å². The summed E-state index contributed by atoms with van der Waals surface area (Å²) in [5, 5.41) is 8.46. The van der Waals surface area contributed by atoms with E-state index < -0.39 is 0 Å². The molecule has 30 heavy (non-hydrogen) atoms. The third kappa shape index (κ3) is 4.07. The van der Waals surface area contributed by atoms with Crippen LogP contribution in [-0.4, -0.2) is 28.5 Å². The van der Waals surface area contributed by atoms with E-state index in [-0.39, 0.29) is 18.3 Å². The third-order valence-corrected chi connectivity index (χ3v) is 6.13. The molecule has 1 fully saturated rings. The van der Waals surface area contributed by atoms with Crippen LogP contribution in [-0.2, 0) is 15.7 Å². The highest BCUT2D eigenvalue weighted by Gasteiger charge is 2.51. The Bertz CT molecular complexity index is 978. The second kappa shape index (κ2) is 8.01. The quantitative estimate of drug-likeness (QED) is 0.539. The first-order valence-electron chi connectivity index (χ1n) is 10.7. The van der Waals surface area contributed by atoms with Gasteiger partial charge in [-0.05, 0) is 75.8 Å². The molecule has 1 aliphatic rings. The second-order valence-electron chi connectivity index (χ2n) is 8.92. The van der Waals surface area contributed by atoms with Gasteiger partial charge in [-0.2, -0.15) is 0 Å². The Morgan fingerprint density at radius 1 is 0.767 bits per heavy atom. The van der Waals surface area contributed by atoms with Gasteiger partial charge >= 0.3 is 7.12 Å². The van der Waals surface area contributed by atoms with Crippen molar-refractivity contribution in [2.75, 3.05) is 0 Å². The lowest BCUT2D eigenvalue weighted by Crippen LogP contribution is -2.41. The van der Waals surface area contributed by atoms with Crippen molar-refractivity contribution in [1.82, 2.24) is 10.2 Å². The molecular formula is C24H29BN2O3. The van der Waals surface area contributed by atoms with E-state index in [1.165, 1.54) is 18.4 Å². The van der Waals surface area contributed by atoms with Crippen molar-refractivity contribution in [2.24, 2.45) is 0 Å². The van der Waals surface area contributed by atoms with Gasteiger partial charge in [-0.3, -0.25) is 0 Å². The molecule has 0 amide bonds. The Labute approximate surface area is 179 Å². The lowest BCUT2D eigenvalue weighted by Gasteiger charge is -2.32. The van der Waals surface area contributed by atoms with Gasteiger partial charge in [0.1, 0.15) is 0 Å². The van der Waals surface area contributed by atoms with E-state index in [4.69, 9.17) is 13.7 Å². The van der Waals surface area contributed by atoms with E-state index in [1.54, 1.807) is 0 Å². The molecule has 4 rings (SSSR count). The second-order valence-corrected chi connectivity index (χ2v) is 8.92.